The van der Waals surface area contributed by atoms with Crippen molar-refractivity contribution in [2.45, 2.75) is 32.8 Å². The summed E-state index contributed by atoms with van der Waals surface area (Å²) in [6.45, 7) is 5.80. The molecule has 2 rings (SSSR count). The molecule has 1 aliphatic heterocycles. The van der Waals surface area contributed by atoms with Crippen LogP contribution >= 0.6 is 0 Å². The maximum atomic E-state index is 9.67. The third-order valence-corrected chi connectivity index (χ3v) is 3.02. The second-order valence-corrected chi connectivity index (χ2v) is 4.49. The number of piperidine rings is 1. The molecular formula is C13H19NO2. The van der Waals surface area contributed by atoms with E-state index < -0.39 is 0 Å². The van der Waals surface area contributed by atoms with Crippen LogP contribution in [0.1, 0.15) is 24.0 Å². The van der Waals surface area contributed by atoms with Crippen molar-refractivity contribution in [1.29, 1.82) is 0 Å². The van der Waals surface area contributed by atoms with Gasteiger partial charge in [-0.05, 0) is 56.5 Å². The highest BCUT2D eigenvalue weighted by Gasteiger charge is 2.15. The molecule has 1 heterocycles. The van der Waals surface area contributed by atoms with E-state index in [2.05, 4.69) is 5.32 Å². The number of rotatable bonds is 2. The summed E-state index contributed by atoms with van der Waals surface area (Å²) in [6, 6.07) is 3.80. The van der Waals surface area contributed by atoms with Crippen molar-refractivity contribution >= 4 is 0 Å². The minimum absolute atomic E-state index is 0.261. The van der Waals surface area contributed by atoms with Crippen molar-refractivity contribution in [3.8, 4) is 11.5 Å². The van der Waals surface area contributed by atoms with Gasteiger partial charge in [-0.1, -0.05) is 0 Å². The third kappa shape index (κ3) is 2.47. The number of hydrogen-bond acceptors (Lipinski definition) is 3. The maximum absolute atomic E-state index is 9.67. The molecule has 0 bridgehead atoms. The van der Waals surface area contributed by atoms with E-state index in [9.17, 15) is 5.11 Å². The Morgan fingerprint density at radius 3 is 2.56 bits per heavy atom. The number of hydrogen-bond donors (Lipinski definition) is 2. The lowest BCUT2D eigenvalue weighted by Crippen LogP contribution is -2.37. The molecule has 0 saturated carbocycles. The number of ether oxygens (including phenoxy) is 1. The van der Waals surface area contributed by atoms with Crippen LogP contribution in [-0.2, 0) is 0 Å². The first-order valence-corrected chi connectivity index (χ1v) is 5.84. The number of benzene rings is 1. The largest absolute Gasteiger partial charge is 0.507 e. The molecule has 0 aliphatic carbocycles. The lowest BCUT2D eigenvalue weighted by molar-refractivity contribution is 0.167. The van der Waals surface area contributed by atoms with E-state index in [4.69, 9.17) is 4.74 Å². The summed E-state index contributed by atoms with van der Waals surface area (Å²) in [5, 5.41) is 13.0. The predicted molar refractivity (Wildman–Crippen MR) is 64.1 cm³/mol. The van der Waals surface area contributed by atoms with E-state index in [1.54, 1.807) is 0 Å². The third-order valence-electron chi connectivity index (χ3n) is 3.02. The van der Waals surface area contributed by atoms with E-state index in [0.29, 0.717) is 5.75 Å². The van der Waals surface area contributed by atoms with Gasteiger partial charge in [0, 0.05) is 6.54 Å². The minimum Gasteiger partial charge on any atom is -0.507 e. The molecule has 0 spiro atoms. The standard InChI is InChI=1S/C13H19NO2/c1-9-6-12(7-10(2)13(9)15)16-11-4-3-5-14-8-11/h6-7,11,14-15H,3-5,8H2,1-2H3. The van der Waals surface area contributed by atoms with Crippen LogP contribution in [0.25, 0.3) is 0 Å². The molecule has 1 unspecified atom stereocenters. The Bertz CT molecular complexity index is 347. The molecule has 1 saturated heterocycles. The van der Waals surface area contributed by atoms with Gasteiger partial charge in [0.25, 0.3) is 0 Å². The molecule has 1 aromatic carbocycles. The van der Waals surface area contributed by atoms with E-state index in [1.807, 2.05) is 26.0 Å². The fourth-order valence-electron chi connectivity index (χ4n) is 2.10. The number of phenols is 1. The summed E-state index contributed by atoms with van der Waals surface area (Å²) in [5.74, 6) is 1.23. The van der Waals surface area contributed by atoms with Crippen LogP contribution in [0, 0.1) is 13.8 Å². The van der Waals surface area contributed by atoms with E-state index in [0.717, 1.165) is 36.4 Å². The van der Waals surface area contributed by atoms with Gasteiger partial charge in [-0.3, -0.25) is 0 Å². The molecule has 1 fully saturated rings. The molecule has 2 N–H and O–H groups in total. The van der Waals surface area contributed by atoms with Gasteiger partial charge in [0.1, 0.15) is 17.6 Å². The van der Waals surface area contributed by atoms with Gasteiger partial charge >= 0.3 is 0 Å². The molecule has 16 heavy (non-hydrogen) atoms. The van der Waals surface area contributed by atoms with Crippen LogP contribution in [0.5, 0.6) is 11.5 Å². The number of nitrogens with one attached hydrogen (secondary N) is 1. The molecule has 0 aromatic heterocycles. The van der Waals surface area contributed by atoms with Gasteiger partial charge in [0.05, 0.1) is 0 Å². The Balaban J connectivity index is 2.09. The average molecular weight is 221 g/mol. The van der Waals surface area contributed by atoms with Crippen LogP contribution in [-0.4, -0.2) is 24.3 Å². The molecule has 3 nitrogen and oxygen atoms in total. The van der Waals surface area contributed by atoms with Crippen molar-refractivity contribution in [2.75, 3.05) is 13.1 Å². The normalized spacial score (nSPS) is 20.8. The highest BCUT2D eigenvalue weighted by atomic mass is 16.5. The fraction of sp³-hybridized carbons (Fsp3) is 0.538. The lowest BCUT2D eigenvalue weighted by atomic mass is 10.1. The smallest absolute Gasteiger partial charge is 0.121 e. The van der Waals surface area contributed by atoms with E-state index in [-0.39, 0.29) is 6.10 Å². The zero-order valence-electron chi connectivity index (χ0n) is 9.92. The molecule has 3 heteroatoms. The number of aromatic hydroxyl groups is 1. The van der Waals surface area contributed by atoms with Crippen molar-refractivity contribution in [3.05, 3.63) is 23.3 Å². The summed E-state index contributed by atoms with van der Waals surface area (Å²) < 4.78 is 5.90. The predicted octanol–water partition coefficient (Wildman–Crippen LogP) is 2.14. The van der Waals surface area contributed by atoms with Crippen molar-refractivity contribution in [1.82, 2.24) is 5.32 Å². The second-order valence-electron chi connectivity index (χ2n) is 4.49. The Kier molecular flexibility index (Phi) is 3.34. The zero-order valence-corrected chi connectivity index (χ0v) is 9.92. The maximum Gasteiger partial charge on any atom is 0.121 e. The first kappa shape index (κ1) is 11.3. The zero-order chi connectivity index (χ0) is 11.5. The molecule has 1 aromatic rings. The summed E-state index contributed by atoms with van der Waals surface area (Å²) in [7, 11) is 0. The highest BCUT2D eigenvalue weighted by Crippen LogP contribution is 2.28. The topological polar surface area (TPSA) is 41.5 Å². The minimum atomic E-state index is 0.261. The van der Waals surface area contributed by atoms with Gasteiger partial charge < -0.3 is 15.2 Å². The summed E-state index contributed by atoms with van der Waals surface area (Å²) in [4.78, 5) is 0. The number of phenolic OH excluding ortho intramolecular Hbond substituents is 1. The summed E-state index contributed by atoms with van der Waals surface area (Å²) >= 11 is 0. The van der Waals surface area contributed by atoms with Crippen LogP contribution in [0.2, 0.25) is 0 Å². The van der Waals surface area contributed by atoms with Crippen molar-refractivity contribution < 1.29 is 9.84 Å². The van der Waals surface area contributed by atoms with Gasteiger partial charge in [-0.15, -0.1) is 0 Å². The van der Waals surface area contributed by atoms with Crippen LogP contribution in [0.4, 0.5) is 0 Å². The monoisotopic (exact) mass is 221 g/mol. The SMILES string of the molecule is Cc1cc(OC2CCCNC2)cc(C)c1O. The first-order chi connectivity index (χ1) is 7.66. The molecule has 88 valence electrons. The van der Waals surface area contributed by atoms with E-state index in [1.165, 1.54) is 6.42 Å². The van der Waals surface area contributed by atoms with Gasteiger partial charge in [0.2, 0.25) is 0 Å². The van der Waals surface area contributed by atoms with Crippen LogP contribution in [0.3, 0.4) is 0 Å². The quantitative estimate of drug-likeness (QED) is 0.804. The first-order valence-electron chi connectivity index (χ1n) is 5.84. The van der Waals surface area contributed by atoms with Crippen LogP contribution < -0.4 is 10.1 Å². The Morgan fingerprint density at radius 2 is 2.00 bits per heavy atom. The lowest BCUT2D eigenvalue weighted by Gasteiger charge is -2.24. The second kappa shape index (κ2) is 4.74. The summed E-state index contributed by atoms with van der Waals surface area (Å²) in [6.07, 6.45) is 2.53. The fourth-order valence-corrected chi connectivity index (χ4v) is 2.10. The molecule has 1 aliphatic rings. The van der Waals surface area contributed by atoms with Gasteiger partial charge in [0.15, 0.2) is 0 Å². The Labute approximate surface area is 96.4 Å². The highest BCUT2D eigenvalue weighted by molar-refractivity contribution is 5.44. The molecule has 0 amide bonds. The van der Waals surface area contributed by atoms with Gasteiger partial charge in [-0.2, -0.15) is 0 Å². The van der Waals surface area contributed by atoms with Crippen molar-refractivity contribution in [2.24, 2.45) is 0 Å². The molecule has 1 atom stereocenters. The number of aryl methyl sites for hydroxylation is 2. The average Bonchev–Trinajstić information content (AvgIpc) is 2.27. The molecule has 0 radical (unpaired) electrons. The Morgan fingerprint density at radius 1 is 1.31 bits per heavy atom. The summed E-state index contributed by atoms with van der Waals surface area (Å²) in [5.41, 5.74) is 1.75. The Hall–Kier alpha value is -1.22. The molecular weight excluding hydrogens is 202 g/mol. The van der Waals surface area contributed by atoms with Crippen LogP contribution in [0.15, 0.2) is 12.1 Å². The van der Waals surface area contributed by atoms with E-state index >= 15 is 0 Å². The van der Waals surface area contributed by atoms with Crippen molar-refractivity contribution in [3.63, 3.8) is 0 Å². The van der Waals surface area contributed by atoms with Gasteiger partial charge in [-0.25, -0.2) is 0 Å².